The normalized spacial score (nSPS) is 19.6. The summed E-state index contributed by atoms with van der Waals surface area (Å²) in [6.45, 7) is 12.9. The van der Waals surface area contributed by atoms with E-state index in [9.17, 15) is 19.2 Å². The second kappa shape index (κ2) is 11.2. The van der Waals surface area contributed by atoms with Gasteiger partial charge in [0.15, 0.2) is 0 Å². The number of hydrogen-bond donors (Lipinski definition) is 2. The summed E-state index contributed by atoms with van der Waals surface area (Å²) in [4.78, 5) is 28.6. The molecule has 1 unspecified atom stereocenters. The monoisotopic (exact) mass is 561 g/mol. The predicted molar refractivity (Wildman–Crippen MR) is 142 cm³/mol. The van der Waals surface area contributed by atoms with Crippen LogP contribution >= 0.6 is 23.2 Å². The van der Waals surface area contributed by atoms with Gasteiger partial charge in [-0.3, -0.25) is 4.79 Å². The van der Waals surface area contributed by atoms with Crippen molar-refractivity contribution < 1.29 is 24.0 Å². The van der Waals surface area contributed by atoms with Crippen LogP contribution in [0.4, 0.5) is 4.79 Å². The zero-order valence-electron chi connectivity index (χ0n) is 21.8. The van der Waals surface area contributed by atoms with Gasteiger partial charge in [-0.25, -0.2) is 4.79 Å². The predicted octanol–water partition coefficient (Wildman–Crippen LogP) is 4.90. The second-order valence-electron chi connectivity index (χ2n) is 11.5. The molecule has 0 saturated carbocycles. The number of halogens is 2. The van der Waals surface area contributed by atoms with E-state index >= 15 is 0 Å². The number of nitrogens with one attached hydrogen (secondary N) is 1. The van der Waals surface area contributed by atoms with E-state index in [1.54, 1.807) is 11.0 Å². The van der Waals surface area contributed by atoms with Crippen LogP contribution in [0.3, 0.4) is 0 Å². The number of amides is 2. The molecule has 3 rings (SSSR count). The fourth-order valence-electron chi connectivity index (χ4n) is 4.33. The van der Waals surface area contributed by atoms with Gasteiger partial charge in [0.25, 0.3) is 0 Å². The third-order valence-corrected chi connectivity index (χ3v) is 8.70. The highest BCUT2D eigenvalue weighted by molar-refractivity contribution is 7.90. The van der Waals surface area contributed by atoms with E-state index in [2.05, 4.69) is 4.72 Å². The van der Waals surface area contributed by atoms with Crippen molar-refractivity contribution in [1.82, 2.24) is 14.5 Å². The van der Waals surface area contributed by atoms with Crippen molar-refractivity contribution in [3.05, 3.63) is 27.7 Å². The lowest BCUT2D eigenvalue weighted by Crippen LogP contribution is -2.58. The summed E-state index contributed by atoms with van der Waals surface area (Å²) in [7, 11) is 0. The minimum Gasteiger partial charge on any atom is -0.598 e. The van der Waals surface area contributed by atoms with E-state index in [0.29, 0.717) is 49.6 Å². The van der Waals surface area contributed by atoms with Crippen molar-refractivity contribution in [2.45, 2.75) is 70.8 Å². The molecule has 0 spiro atoms. The quantitative estimate of drug-likeness (QED) is 0.495. The molecule has 2 aliphatic heterocycles. The van der Waals surface area contributed by atoms with Crippen LogP contribution in [0, 0.1) is 11.8 Å². The fraction of sp³-hybridized carbons (Fsp3) is 0.680. The number of carbonyl (C=O) groups is 2. The van der Waals surface area contributed by atoms with Gasteiger partial charge in [-0.2, -0.15) is 0 Å². The number of aromatic hydroxyl groups is 1. The molecule has 2 heterocycles. The lowest BCUT2D eigenvalue weighted by atomic mass is 9.85. The maximum atomic E-state index is 13.0. The topological polar surface area (TPSA) is 105 Å². The van der Waals surface area contributed by atoms with E-state index in [1.807, 2.05) is 46.4 Å². The highest BCUT2D eigenvalue weighted by Gasteiger charge is 2.42. The van der Waals surface area contributed by atoms with Crippen LogP contribution in [-0.2, 0) is 20.9 Å². The number of piperidine rings is 1. The Kier molecular flexibility index (Phi) is 9.04. The first kappa shape index (κ1) is 29.2. The molecule has 2 aliphatic rings. The summed E-state index contributed by atoms with van der Waals surface area (Å²) in [5, 5.41) is 11.2. The standard InChI is InChI=1S/C25H37Cl2N3O5S/c1-24(2,3)35-23(33)30-13-16(14-30)22(32)29-9-7-15(8-10-29)21(28-36(34)25(4,5)6)17-11-18(26)19(27)12-20(17)31/h11-12,15-16,21,28,31H,7-10,13-14H2,1-6H3/t21?,36-/m0/s1. The molecule has 36 heavy (non-hydrogen) atoms. The largest absolute Gasteiger partial charge is 0.598 e. The molecule has 2 atom stereocenters. The highest BCUT2D eigenvalue weighted by atomic mass is 35.5. The molecule has 0 bridgehead atoms. The van der Waals surface area contributed by atoms with Crippen molar-refractivity contribution in [2.75, 3.05) is 26.2 Å². The average molecular weight is 563 g/mol. The van der Waals surface area contributed by atoms with E-state index in [-0.39, 0.29) is 28.5 Å². The van der Waals surface area contributed by atoms with Crippen LogP contribution in [0.1, 0.15) is 66.0 Å². The van der Waals surface area contributed by atoms with Crippen LogP contribution in [0.25, 0.3) is 0 Å². The lowest BCUT2D eigenvalue weighted by Gasteiger charge is -2.43. The maximum Gasteiger partial charge on any atom is 0.410 e. The Morgan fingerprint density at radius 2 is 1.64 bits per heavy atom. The molecular weight excluding hydrogens is 525 g/mol. The van der Waals surface area contributed by atoms with Gasteiger partial charge in [-0.05, 0) is 66.4 Å². The van der Waals surface area contributed by atoms with Gasteiger partial charge in [0, 0.05) is 49.2 Å². The Morgan fingerprint density at radius 3 is 2.17 bits per heavy atom. The Labute approximate surface area is 226 Å². The number of hydrogen-bond acceptors (Lipinski definition) is 6. The molecular formula is C25H37Cl2N3O5S. The van der Waals surface area contributed by atoms with Crippen LogP contribution in [0.15, 0.2) is 12.1 Å². The van der Waals surface area contributed by atoms with Crippen molar-refractivity contribution >= 4 is 46.6 Å². The van der Waals surface area contributed by atoms with Gasteiger partial charge >= 0.3 is 6.09 Å². The van der Waals surface area contributed by atoms with Crippen LogP contribution in [-0.4, -0.2) is 68.0 Å². The summed E-state index contributed by atoms with van der Waals surface area (Å²) in [5.41, 5.74) is -0.0309. The summed E-state index contributed by atoms with van der Waals surface area (Å²) in [6.07, 6.45) is 0.923. The summed E-state index contributed by atoms with van der Waals surface area (Å²) in [6, 6.07) is 2.59. The SMILES string of the molecule is CC(C)(C)OC(=O)N1CC(C(=O)N2CCC(C(N[S@@+]([O-])C(C)(C)C)c3cc(Cl)c(Cl)cc3O)CC2)C1. The smallest absolute Gasteiger partial charge is 0.410 e. The van der Waals surface area contributed by atoms with Gasteiger partial charge in [-0.1, -0.05) is 23.2 Å². The Bertz CT molecular complexity index is 968. The van der Waals surface area contributed by atoms with Gasteiger partial charge in [-0.15, -0.1) is 4.72 Å². The van der Waals surface area contributed by atoms with Gasteiger partial charge in [0.05, 0.1) is 22.0 Å². The second-order valence-corrected chi connectivity index (χ2v) is 14.4. The first-order valence-electron chi connectivity index (χ1n) is 12.2. The minimum absolute atomic E-state index is 0.0111. The number of nitrogens with zero attached hydrogens (tertiary/aromatic N) is 2. The van der Waals surface area contributed by atoms with Gasteiger partial charge in [0.1, 0.15) is 16.1 Å². The zero-order valence-corrected chi connectivity index (χ0v) is 24.1. The number of benzene rings is 1. The number of likely N-dealkylation sites (tertiary alicyclic amines) is 2. The number of carbonyl (C=O) groups excluding carboxylic acids is 2. The third-order valence-electron chi connectivity index (χ3n) is 6.40. The Hall–Kier alpha value is -1.39. The number of phenolic OH excluding ortho intramolecular Hbond substituents is 1. The number of rotatable bonds is 5. The van der Waals surface area contributed by atoms with Crippen LogP contribution in [0.2, 0.25) is 10.0 Å². The van der Waals surface area contributed by atoms with Crippen molar-refractivity contribution in [1.29, 1.82) is 0 Å². The molecule has 11 heteroatoms. The molecule has 2 amide bonds. The number of phenols is 1. The maximum absolute atomic E-state index is 13.0. The van der Waals surface area contributed by atoms with Gasteiger partial charge < -0.3 is 24.2 Å². The van der Waals surface area contributed by atoms with Crippen LogP contribution < -0.4 is 4.72 Å². The summed E-state index contributed by atoms with van der Waals surface area (Å²) < 4.78 is 21.1. The molecule has 202 valence electrons. The first-order chi connectivity index (χ1) is 16.6. The fourth-order valence-corrected chi connectivity index (χ4v) is 5.56. The molecule has 0 aliphatic carbocycles. The molecule has 2 saturated heterocycles. The molecule has 0 radical (unpaired) electrons. The molecule has 2 fully saturated rings. The highest BCUT2D eigenvalue weighted by Crippen LogP contribution is 2.40. The van der Waals surface area contributed by atoms with E-state index < -0.39 is 33.8 Å². The molecule has 1 aromatic carbocycles. The zero-order chi connectivity index (χ0) is 27.0. The lowest BCUT2D eigenvalue weighted by molar-refractivity contribution is -0.142. The summed E-state index contributed by atoms with van der Waals surface area (Å²) >= 11 is 10.9. The minimum atomic E-state index is -1.39. The van der Waals surface area contributed by atoms with E-state index in [1.165, 1.54) is 6.07 Å². The molecule has 2 N–H and O–H groups in total. The third kappa shape index (κ3) is 7.13. The Balaban J connectivity index is 1.64. The van der Waals surface area contributed by atoms with E-state index in [0.717, 1.165) is 0 Å². The first-order valence-corrected chi connectivity index (χ1v) is 14.1. The van der Waals surface area contributed by atoms with Crippen molar-refractivity contribution in [2.24, 2.45) is 11.8 Å². The van der Waals surface area contributed by atoms with E-state index in [4.69, 9.17) is 27.9 Å². The Morgan fingerprint density at radius 1 is 1.08 bits per heavy atom. The molecule has 8 nitrogen and oxygen atoms in total. The number of ether oxygens (including phenoxy) is 1. The summed E-state index contributed by atoms with van der Waals surface area (Å²) in [5.74, 6) is -0.185. The average Bonchev–Trinajstić information content (AvgIpc) is 2.71. The van der Waals surface area contributed by atoms with Crippen molar-refractivity contribution in [3.63, 3.8) is 0 Å². The van der Waals surface area contributed by atoms with Crippen LogP contribution in [0.5, 0.6) is 5.75 Å². The molecule has 0 aromatic heterocycles. The van der Waals surface area contributed by atoms with Gasteiger partial charge in [0.2, 0.25) is 5.91 Å². The van der Waals surface area contributed by atoms with Crippen molar-refractivity contribution in [3.8, 4) is 5.75 Å². The molecule has 1 aromatic rings.